The Morgan fingerprint density at radius 3 is 2.79 bits per heavy atom. The number of ether oxygens (including phenoxy) is 2. The van der Waals surface area contributed by atoms with Crippen LogP contribution in [0.1, 0.15) is 16.7 Å². The second-order valence-corrected chi connectivity index (χ2v) is 6.21. The van der Waals surface area contributed by atoms with Crippen LogP contribution in [0.3, 0.4) is 0 Å². The first kappa shape index (κ1) is 18.1. The Kier molecular flexibility index (Phi) is 6.89. The van der Waals surface area contributed by atoms with Crippen molar-refractivity contribution in [3.8, 4) is 18.1 Å². The molecule has 0 saturated carbocycles. The number of carbonyl (C=O) groups is 1. The van der Waals surface area contributed by atoms with Gasteiger partial charge in [-0.25, -0.2) is 4.79 Å². The molecular weight excluding hydrogens is 415 g/mol. The van der Waals surface area contributed by atoms with E-state index < -0.39 is 5.97 Å². The number of hydrogen-bond donors (Lipinski definition) is 0. The first-order valence-corrected chi connectivity index (χ1v) is 8.43. The minimum absolute atomic E-state index is 0.0214. The van der Waals surface area contributed by atoms with E-state index in [0.29, 0.717) is 6.61 Å². The molecule has 0 aliphatic rings. The summed E-state index contributed by atoms with van der Waals surface area (Å²) in [6.45, 7) is 2.57. The summed E-state index contributed by atoms with van der Waals surface area (Å²) in [5, 5.41) is 0. The molecule has 0 atom stereocenters. The number of rotatable bonds is 6. The van der Waals surface area contributed by atoms with E-state index in [0.717, 1.165) is 20.4 Å². The van der Waals surface area contributed by atoms with Crippen molar-refractivity contribution in [2.45, 2.75) is 13.5 Å². The molecule has 3 nitrogen and oxygen atoms in total. The third kappa shape index (κ3) is 5.43. The number of terminal acetylenes is 1. The van der Waals surface area contributed by atoms with Gasteiger partial charge in [0.15, 0.2) is 6.61 Å². The fourth-order valence-corrected chi connectivity index (χ4v) is 2.69. The first-order valence-electron chi connectivity index (χ1n) is 7.35. The standard InChI is InChI=1S/C20H17IO3/c1-3-12-23-20(22)11-9-16-8-10-19(18(21)13-16)24-14-17-7-5-4-6-15(17)2/h1,4-11,13H,12,14H2,2H3/b11-9+. The Labute approximate surface area is 155 Å². The van der Waals surface area contributed by atoms with Gasteiger partial charge >= 0.3 is 5.97 Å². The molecule has 0 amide bonds. The van der Waals surface area contributed by atoms with Crippen LogP contribution in [-0.4, -0.2) is 12.6 Å². The van der Waals surface area contributed by atoms with Crippen LogP contribution in [0.5, 0.6) is 5.75 Å². The number of esters is 1. The highest BCUT2D eigenvalue weighted by Gasteiger charge is 2.04. The highest BCUT2D eigenvalue weighted by Crippen LogP contribution is 2.24. The predicted octanol–water partition coefficient (Wildman–Crippen LogP) is 4.37. The zero-order chi connectivity index (χ0) is 17.4. The van der Waals surface area contributed by atoms with Crippen molar-refractivity contribution in [2.24, 2.45) is 0 Å². The maximum atomic E-state index is 11.4. The number of carbonyl (C=O) groups excluding carboxylic acids is 1. The smallest absolute Gasteiger partial charge is 0.331 e. The summed E-state index contributed by atoms with van der Waals surface area (Å²) in [5.41, 5.74) is 3.26. The summed E-state index contributed by atoms with van der Waals surface area (Å²) >= 11 is 2.22. The summed E-state index contributed by atoms with van der Waals surface area (Å²) in [7, 11) is 0. The summed E-state index contributed by atoms with van der Waals surface area (Å²) in [6.07, 6.45) is 8.08. The van der Waals surface area contributed by atoms with Crippen molar-refractivity contribution in [3.05, 3.63) is 68.8 Å². The zero-order valence-corrected chi connectivity index (χ0v) is 15.4. The van der Waals surface area contributed by atoms with E-state index in [4.69, 9.17) is 15.9 Å². The average Bonchev–Trinajstić information content (AvgIpc) is 2.58. The number of halogens is 1. The van der Waals surface area contributed by atoms with Gasteiger partial charge in [0.2, 0.25) is 0 Å². The van der Waals surface area contributed by atoms with E-state index >= 15 is 0 Å². The normalized spacial score (nSPS) is 10.4. The summed E-state index contributed by atoms with van der Waals surface area (Å²) < 4.78 is 11.6. The summed E-state index contributed by atoms with van der Waals surface area (Å²) in [6, 6.07) is 13.9. The van der Waals surface area contributed by atoms with Crippen LogP contribution in [0.2, 0.25) is 0 Å². The second kappa shape index (κ2) is 9.14. The largest absolute Gasteiger partial charge is 0.488 e. The molecule has 2 aromatic carbocycles. The van der Waals surface area contributed by atoms with Gasteiger partial charge in [-0.1, -0.05) is 36.3 Å². The number of hydrogen-bond acceptors (Lipinski definition) is 3. The van der Waals surface area contributed by atoms with Gasteiger partial charge < -0.3 is 9.47 Å². The predicted molar refractivity (Wildman–Crippen MR) is 103 cm³/mol. The van der Waals surface area contributed by atoms with E-state index in [2.05, 4.69) is 47.6 Å². The van der Waals surface area contributed by atoms with Crippen molar-refractivity contribution < 1.29 is 14.3 Å². The van der Waals surface area contributed by atoms with Gasteiger partial charge in [0.05, 0.1) is 3.57 Å². The molecule has 0 bridgehead atoms. The fourth-order valence-electron chi connectivity index (χ4n) is 1.99. The molecule has 0 unspecified atom stereocenters. The highest BCUT2D eigenvalue weighted by atomic mass is 127. The number of benzene rings is 2. The fraction of sp³-hybridized carbons (Fsp3) is 0.150. The average molecular weight is 432 g/mol. The van der Waals surface area contributed by atoms with Crippen LogP contribution < -0.4 is 4.74 Å². The minimum atomic E-state index is -0.456. The quantitative estimate of drug-likeness (QED) is 0.295. The monoisotopic (exact) mass is 432 g/mol. The molecule has 122 valence electrons. The molecule has 0 fully saturated rings. The molecule has 4 heteroatoms. The maximum Gasteiger partial charge on any atom is 0.331 e. The van der Waals surface area contributed by atoms with Gasteiger partial charge in [-0.2, -0.15) is 0 Å². The molecule has 0 N–H and O–H groups in total. The van der Waals surface area contributed by atoms with Crippen molar-refractivity contribution >= 4 is 34.6 Å². The van der Waals surface area contributed by atoms with Crippen LogP contribution in [-0.2, 0) is 16.1 Å². The van der Waals surface area contributed by atoms with Crippen molar-refractivity contribution in [1.82, 2.24) is 0 Å². The summed E-state index contributed by atoms with van der Waals surface area (Å²) in [5.74, 6) is 2.61. The van der Waals surface area contributed by atoms with Crippen LogP contribution in [0, 0.1) is 22.8 Å². The van der Waals surface area contributed by atoms with Gasteiger partial charge in [-0.15, -0.1) is 6.42 Å². The highest BCUT2D eigenvalue weighted by molar-refractivity contribution is 14.1. The van der Waals surface area contributed by atoms with Gasteiger partial charge in [0, 0.05) is 6.08 Å². The van der Waals surface area contributed by atoms with Crippen molar-refractivity contribution in [1.29, 1.82) is 0 Å². The van der Waals surface area contributed by atoms with E-state index in [-0.39, 0.29) is 6.61 Å². The SMILES string of the molecule is C#CCOC(=O)/C=C/c1ccc(OCc2ccccc2C)c(I)c1. The molecule has 0 aromatic heterocycles. The molecule has 0 saturated heterocycles. The second-order valence-electron chi connectivity index (χ2n) is 5.05. The van der Waals surface area contributed by atoms with Gasteiger partial charge in [0.1, 0.15) is 12.4 Å². The Morgan fingerprint density at radius 2 is 2.08 bits per heavy atom. The van der Waals surface area contributed by atoms with Gasteiger partial charge in [-0.3, -0.25) is 0 Å². The van der Waals surface area contributed by atoms with Crippen LogP contribution in [0.4, 0.5) is 0 Å². The topological polar surface area (TPSA) is 35.5 Å². The lowest BCUT2D eigenvalue weighted by atomic mass is 10.1. The molecular formula is C20H17IO3. The Morgan fingerprint density at radius 1 is 1.29 bits per heavy atom. The first-order chi connectivity index (χ1) is 11.6. The molecule has 0 aliphatic carbocycles. The van der Waals surface area contributed by atoms with E-state index in [1.54, 1.807) is 6.08 Å². The van der Waals surface area contributed by atoms with Gasteiger partial charge in [-0.05, 0) is 64.4 Å². The Bertz CT molecular complexity index is 788. The Balaban J connectivity index is 1.99. The molecule has 2 rings (SSSR count). The van der Waals surface area contributed by atoms with Crippen LogP contribution in [0.15, 0.2) is 48.5 Å². The third-order valence-corrected chi connectivity index (χ3v) is 4.15. The minimum Gasteiger partial charge on any atom is -0.488 e. The lowest BCUT2D eigenvalue weighted by Crippen LogP contribution is -2.00. The third-order valence-electron chi connectivity index (χ3n) is 3.31. The van der Waals surface area contributed by atoms with Crippen LogP contribution >= 0.6 is 22.6 Å². The van der Waals surface area contributed by atoms with Gasteiger partial charge in [0.25, 0.3) is 0 Å². The van der Waals surface area contributed by atoms with Crippen LogP contribution in [0.25, 0.3) is 6.08 Å². The molecule has 24 heavy (non-hydrogen) atoms. The van der Waals surface area contributed by atoms with Crippen molar-refractivity contribution in [3.63, 3.8) is 0 Å². The lowest BCUT2D eigenvalue weighted by Gasteiger charge is -2.10. The van der Waals surface area contributed by atoms with E-state index in [1.807, 2.05) is 30.3 Å². The molecule has 0 heterocycles. The Hall–Kier alpha value is -2.26. The molecule has 0 aliphatic heterocycles. The lowest BCUT2D eigenvalue weighted by molar-refractivity contribution is -0.136. The zero-order valence-electron chi connectivity index (χ0n) is 13.3. The van der Waals surface area contributed by atoms with Crippen molar-refractivity contribution in [2.75, 3.05) is 6.61 Å². The van der Waals surface area contributed by atoms with E-state index in [1.165, 1.54) is 11.6 Å². The summed E-state index contributed by atoms with van der Waals surface area (Å²) in [4.78, 5) is 11.4. The molecule has 2 aromatic rings. The molecule has 0 radical (unpaired) electrons. The molecule has 0 spiro atoms. The number of aryl methyl sites for hydroxylation is 1. The van der Waals surface area contributed by atoms with E-state index in [9.17, 15) is 4.79 Å². The maximum absolute atomic E-state index is 11.4.